The van der Waals surface area contributed by atoms with Crippen molar-refractivity contribution in [3.8, 4) is 0 Å². The summed E-state index contributed by atoms with van der Waals surface area (Å²) in [6, 6.07) is 6.55. The lowest BCUT2D eigenvalue weighted by Gasteiger charge is -2.12. The summed E-state index contributed by atoms with van der Waals surface area (Å²) in [7, 11) is -3.77. The summed E-state index contributed by atoms with van der Waals surface area (Å²) in [5.74, 6) is 0. The molecule has 0 bridgehead atoms. The van der Waals surface area contributed by atoms with E-state index >= 15 is 0 Å². The molecule has 0 fully saturated rings. The topological polar surface area (TPSA) is 99.5 Å². The Labute approximate surface area is 117 Å². The molecule has 1 heterocycles. The Bertz CT molecular complexity index is 715. The molecule has 1 aromatic carbocycles. The van der Waals surface area contributed by atoms with Crippen LogP contribution in [0.3, 0.4) is 0 Å². The molecule has 0 aliphatic rings. The van der Waals surface area contributed by atoms with Gasteiger partial charge in [-0.15, -0.1) is 0 Å². The van der Waals surface area contributed by atoms with Crippen molar-refractivity contribution in [2.45, 2.75) is 17.9 Å². The second kappa shape index (κ2) is 5.84. The SMILES string of the molecule is Cc1ccc(S(=O)(=O)NCC(O)CO)c2cccnc12. The van der Waals surface area contributed by atoms with Gasteiger partial charge in [0.15, 0.2) is 0 Å². The molecule has 0 aliphatic heterocycles. The Morgan fingerprint density at radius 1 is 1.35 bits per heavy atom. The zero-order chi connectivity index (χ0) is 14.8. The molecular formula is C13H16N2O4S. The van der Waals surface area contributed by atoms with E-state index in [1.54, 1.807) is 24.4 Å². The Morgan fingerprint density at radius 2 is 2.10 bits per heavy atom. The van der Waals surface area contributed by atoms with E-state index in [0.29, 0.717) is 10.9 Å². The predicted molar refractivity (Wildman–Crippen MR) is 74.8 cm³/mol. The van der Waals surface area contributed by atoms with Gasteiger partial charge in [-0.1, -0.05) is 6.07 Å². The molecule has 0 amide bonds. The molecule has 20 heavy (non-hydrogen) atoms. The molecule has 6 nitrogen and oxygen atoms in total. The van der Waals surface area contributed by atoms with E-state index in [-0.39, 0.29) is 11.4 Å². The largest absolute Gasteiger partial charge is 0.394 e. The van der Waals surface area contributed by atoms with E-state index in [1.165, 1.54) is 6.07 Å². The van der Waals surface area contributed by atoms with Crippen molar-refractivity contribution in [3.05, 3.63) is 36.0 Å². The minimum absolute atomic E-state index is 0.108. The number of hydrogen-bond donors (Lipinski definition) is 3. The number of aromatic nitrogens is 1. The van der Waals surface area contributed by atoms with Crippen molar-refractivity contribution in [1.82, 2.24) is 9.71 Å². The van der Waals surface area contributed by atoms with Gasteiger partial charge in [-0.25, -0.2) is 13.1 Å². The van der Waals surface area contributed by atoms with Crippen LogP contribution in [0.1, 0.15) is 5.56 Å². The Balaban J connectivity index is 2.45. The first-order valence-electron chi connectivity index (χ1n) is 6.08. The first-order valence-corrected chi connectivity index (χ1v) is 7.57. The highest BCUT2D eigenvalue weighted by atomic mass is 32.2. The van der Waals surface area contributed by atoms with Gasteiger partial charge in [0.1, 0.15) is 0 Å². The minimum atomic E-state index is -3.77. The summed E-state index contributed by atoms with van der Waals surface area (Å²) in [5, 5.41) is 18.5. The molecule has 2 rings (SSSR count). The first kappa shape index (κ1) is 14.9. The molecule has 0 saturated heterocycles. The van der Waals surface area contributed by atoms with E-state index in [0.717, 1.165) is 5.56 Å². The summed E-state index contributed by atoms with van der Waals surface area (Å²) in [5.41, 5.74) is 1.51. The number of nitrogens with zero attached hydrogens (tertiary/aromatic N) is 1. The lowest BCUT2D eigenvalue weighted by molar-refractivity contribution is 0.0988. The highest BCUT2D eigenvalue weighted by Crippen LogP contribution is 2.23. The lowest BCUT2D eigenvalue weighted by Crippen LogP contribution is -2.34. The molecule has 1 unspecified atom stereocenters. The molecule has 108 valence electrons. The van der Waals surface area contributed by atoms with Crippen LogP contribution < -0.4 is 4.72 Å². The number of aryl methyl sites for hydroxylation is 1. The minimum Gasteiger partial charge on any atom is -0.394 e. The average molecular weight is 296 g/mol. The van der Waals surface area contributed by atoms with Crippen LogP contribution in [0.15, 0.2) is 35.4 Å². The van der Waals surface area contributed by atoms with Crippen molar-refractivity contribution < 1.29 is 18.6 Å². The van der Waals surface area contributed by atoms with Gasteiger partial charge >= 0.3 is 0 Å². The summed E-state index contributed by atoms with van der Waals surface area (Å²) in [6.07, 6.45) is 0.480. The maximum Gasteiger partial charge on any atom is 0.241 e. The van der Waals surface area contributed by atoms with E-state index in [9.17, 15) is 13.5 Å². The average Bonchev–Trinajstić information content (AvgIpc) is 2.45. The van der Waals surface area contributed by atoms with Gasteiger partial charge in [-0.05, 0) is 30.7 Å². The summed E-state index contributed by atoms with van der Waals surface area (Å²) in [6.45, 7) is 1.11. The van der Waals surface area contributed by atoms with Crippen LogP contribution in [0.5, 0.6) is 0 Å². The number of benzene rings is 1. The zero-order valence-electron chi connectivity index (χ0n) is 10.9. The third-order valence-electron chi connectivity index (χ3n) is 2.94. The van der Waals surface area contributed by atoms with Gasteiger partial charge in [0.25, 0.3) is 0 Å². The molecular weight excluding hydrogens is 280 g/mol. The second-order valence-electron chi connectivity index (χ2n) is 4.47. The molecule has 7 heteroatoms. The highest BCUT2D eigenvalue weighted by molar-refractivity contribution is 7.89. The fraction of sp³-hybridized carbons (Fsp3) is 0.308. The highest BCUT2D eigenvalue weighted by Gasteiger charge is 2.19. The first-order chi connectivity index (χ1) is 9.45. The van der Waals surface area contributed by atoms with Gasteiger partial charge in [-0.3, -0.25) is 4.98 Å². The van der Waals surface area contributed by atoms with Gasteiger partial charge < -0.3 is 10.2 Å². The van der Waals surface area contributed by atoms with Crippen LogP contribution in [0, 0.1) is 6.92 Å². The van der Waals surface area contributed by atoms with Crippen LogP contribution >= 0.6 is 0 Å². The number of sulfonamides is 1. The third-order valence-corrected chi connectivity index (χ3v) is 4.42. The van der Waals surface area contributed by atoms with Gasteiger partial charge in [0.05, 0.1) is 23.1 Å². The second-order valence-corrected chi connectivity index (χ2v) is 6.20. The van der Waals surface area contributed by atoms with Gasteiger partial charge in [0, 0.05) is 18.1 Å². The molecule has 0 radical (unpaired) electrons. The van der Waals surface area contributed by atoms with Crippen molar-refractivity contribution in [1.29, 1.82) is 0 Å². The van der Waals surface area contributed by atoms with Crippen molar-refractivity contribution >= 4 is 20.9 Å². The summed E-state index contributed by atoms with van der Waals surface area (Å²) >= 11 is 0. The van der Waals surface area contributed by atoms with Crippen molar-refractivity contribution in [2.24, 2.45) is 0 Å². The number of hydrogen-bond acceptors (Lipinski definition) is 5. The Kier molecular flexibility index (Phi) is 4.34. The molecule has 3 N–H and O–H groups in total. The Hall–Kier alpha value is -1.54. The predicted octanol–water partition coefficient (Wildman–Crippen LogP) is 0.175. The van der Waals surface area contributed by atoms with Crippen molar-refractivity contribution in [3.63, 3.8) is 0 Å². The maximum atomic E-state index is 12.2. The van der Waals surface area contributed by atoms with Crippen LogP contribution in [0.4, 0.5) is 0 Å². The molecule has 1 atom stereocenters. The fourth-order valence-electron chi connectivity index (χ4n) is 1.87. The van der Waals surface area contributed by atoms with E-state index in [2.05, 4.69) is 9.71 Å². The summed E-state index contributed by atoms with van der Waals surface area (Å²) < 4.78 is 26.8. The molecule has 2 aromatic rings. The zero-order valence-corrected chi connectivity index (χ0v) is 11.8. The molecule has 0 aliphatic carbocycles. The maximum absolute atomic E-state index is 12.2. The van der Waals surface area contributed by atoms with Crippen molar-refractivity contribution in [2.75, 3.05) is 13.2 Å². The molecule has 0 saturated carbocycles. The number of nitrogens with one attached hydrogen (secondary N) is 1. The number of rotatable bonds is 5. The number of aliphatic hydroxyl groups excluding tert-OH is 2. The Morgan fingerprint density at radius 3 is 2.80 bits per heavy atom. The molecule has 1 aromatic heterocycles. The summed E-state index contributed by atoms with van der Waals surface area (Å²) in [4.78, 5) is 4.29. The monoisotopic (exact) mass is 296 g/mol. The lowest BCUT2D eigenvalue weighted by atomic mass is 10.1. The van der Waals surface area contributed by atoms with E-state index in [4.69, 9.17) is 5.11 Å². The van der Waals surface area contributed by atoms with Crippen LogP contribution in [0.25, 0.3) is 10.9 Å². The van der Waals surface area contributed by atoms with E-state index in [1.807, 2.05) is 6.92 Å². The fourth-order valence-corrected chi connectivity index (χ4v) is 3.14. The normalized spacial score (nSPS) is 13.6. The van der Waals surface area contributed by atoms with Gasteiger partial charge in [-0.2, -0.15) is 0 Å². The number of pyridine rings is 1. The van der Waals surface area contributed by atoms with E-state index < -0.39 is 22.7 Å². The number of aliphatic hydroxyl groups is 2. The van der Waals surface area contributed by atoms with Crippen LogP contribution in [-0.2, 0) is 10.0 Å². The quantitative estimate of drug-likeness (QED) is 0.730. The van der Waals surface area contributed by atoms with Crippen LogP contribution in [-0.4, -0.2) is 42.9 Å². The smallest absolute Gasteiger partial charge is 0.241 e. The number of fused-ring (bicyclic) bond motifs is 1. The molecule has 0 spiro atoms. The van der Waals surface area contributed by atoms with Gasteiger partial charge in [0.2, 0.25) is 10.0 Å². The third kappa shape index (κ3) is 2.96. The standard InChI is InChI=1S/C13H16N2O4S/c1-9-4-5-12(11-3-2-6-14-13(9)11)20(18,19)15-7-10(17)8-16/h2-6,10,15-17H,7-8H2,1H3. The van der Waals surface area contributed by atoms with Crippen LogP contribution in [0.2, 0.25) is 0 Å².